The van der Waals surface area contributed by atoms with Gasteiger partial charge in [-0.1, -0.05) is 109 Å². The zero-order chi connectivity index (χ0) is 30.6. The number of hydrogen-bond donors (Lipinski definition) is 0. The minimum Gasteiger partial charge on any atom is -0.276 e. The summed E-state index contributed by atoms with van der Waals surface area (Å²) in [4.78, 5) is 10.7. The van der Waals surface area contributed by atoms with Crippen LogP contribution in [0, 0.1) is 0 Å². The molecule has 11 rings (SSSR count). The van der Waals surface area contributed by atoms with E-state index in [9.17, 15) is 0 Å². The van der Waals surface area contributed by atoms with Gasteiger partial charge in [0, 0.05) is 62.8 Å². The zero-order valence-corrected chi connectivity index (χ0v) is 26.6. The van der Waals surface area contributed by atoms with E-state index in [4.69, 9.17) is 9.97 Å². The van der Waals surface area contributed by atoms with E-state index in [1.165, 1.54) is 67.4 Å². The molecule has 0 aliphatic heterocycles. The standard InChI is InChI=1S/C42H23N3S2/c1-2-12-24(13-3-1)39-25-14-4-8-18-30(25)43-42(44-39)45-31-19-9-5-15-26(31)35-29-22-23-34-36(27-16-6-10-20-32(27)46-34)37(29)38-28-17-7-11-21-33(28)47-41(38)40(35)45/h1-23H. The molecule has 0 saturated carbocycles. The molecule has 0 bridgehead atoms. The second-order valence-corrected chi connectivity index (χ2v) is 14.2. The molecule has 0 radical (unpaired) electrons. The maximum Gasteiger partial charge on any atom is 0.235 e. The van der Waals surface area contributed by atoms with Crippen LogP contribution in [0.25, 0.3) is 101 Å². The largest absolute Gasteiger partial charge is 0.276 e. The Labute approximate surface area is 276 Å². The first-order valence-electron chi connectivity index (χ1n) is 15.8. The Morgan fingerprint density at radius 2 is 1.09 bits per heavy atom. The number of fused-ring (bicyclic) bond motifs is 15. The summed E-state index contributed by atoms with van der Waals surface area (Å²) in [7, 11) is 0. The molecule has 0 aliphatic carbocycles. The molecule has 5 heteroatoms. The first-order valence-corrected chi connectivity index (χ1v) is 17.4. The molecule has 0 N–H and O–H groups in total. The number of thiophene rings is 2. The first-order chi connectivity index (χ1) is 23.3. The Bertz CT molecular complexity index is 3070. The van der Waals surface area contributed by atoms with Crippen molar-refractivity contribution in [3.8, 4) is 17.2 Å². The summed E-state index contributed by atoms with van der Waals surface area (Å²) >= 11 is 3.76. The highest BCUT2D eigenvalue weighted by atomic mass is 32.1. The van der Waals surface area contributed by atoms with Crippen LogP contribution in [-0.4, -0.2) is 14.5 Å². The van der Waals surface area contributed by atoms with Crippen LogP contribution < -0.4 is 0 Å². The summed E-state index contributed by atoms with van der Waals surface area (Å²) in [6.07, 6.45) is 0. The molecule has 0 unspecified atom stereocenters. The molecule has 11 aromatic rings. The lowest BCUT2D eigenvalue weighted by atomic mass is 9.95. The van der Waals surface area contributed by atoms with E-state index >= 15 is 0 Å². The van der Waals surface area contributed by atoms with E-state index in [1.807, 2.05) is 22.7 Å². The van der Waals surface area contributed by atoms with Gasteiger partial charge in [-0.25, -0.2) is 9.97 Å². The third-order valence-corrected chi connectivity index (χ3v) is 11.9. The maximum absolute atomic E-state index is 5.40. The van der Waals surface area contributed by atoms with Gasteiger partial charge in [-0.15, -0.1) is 22.7 Å². The van der Waals surface area contributed by atoms with Crippen LogP contribution in [0.3, 0.4) is 0 Å². The molecule has 4 aromatic heterocycles. The summed E-state index contributed by atoms with van der Waals surface area (Å²) in [6.45, 7) is 0. The second-order valence-electron chi connectivity index (χ2n) is 12.1. The molecule has 4 heterocycles. The lowest BCUT2D eigenvalue weighted by Crippen LogP contribution is -2.03. The minimum absolute atomic E-state index is 0.689. The third-order valence-electron chi connectivity index (χ3n) is 9.59. The van der Waals surface area contributed by atoms with Gasteiger partial charge >= 0.3 is 0 Å². The minimum atomic E-state index is 0.689. The van der Waals surface area contributed by atoms with Crippen LogP contribution in [0.5, 0.6) is 0 Å². The van der Waals surface area contributed by atoms with E-state index in [0.717, 1.165) is 27.7 Å². The van der Waals surface area contributed by atoms with Gasteiger partial charge in [0.05, 0.1) is 26.9 Å². The highest BCUT2D eigenvalue weighted by molar-refractivity contribution is 7.27. The molecule has 7 aromatic carbocycles. The molecule has 3 nitrogen and oxygen atoms in total. The lowest BCUT2D eigenvalue weighted by Gasteiger charge is -2.13. The van der Waals surface area contributed by atoms with Gasteiger partial charge in [0.15, 0.2) is 0 Å². The van der Waals surface area contributed by atoms with Crippen molar-refractivity contribution in [2.45, 2.75) is 0 Å². The molecule has 0 amide bonds. The SMILES string of the molecule is c1ccc(-c2nc(-n3c4ccccc4c4c5ccc6sc7ccccc7c6c5c5c6ccccc6sc5c43)nc3ccccc23)cc1. The van der Waals surface area contributed by atoms with Crippen LogP contribution >= 0.6 is 22.7 Å². The maximum atomic E-state index is 5.40. The molecule has 0 saturated heterocycles. The average Bonchev–Trinajstić information content (AvgIpc) is 3.81. The van der Waals surface area contributed by atoms with Gasteiger partial charge in [0.2, 0.25) is 5.95 Å². The highest BCUT2D eigenvalue weighted by Crippen LogP contribution is 2.51. The van der Waals surface area contributed by atoms with E-state index in [0.29, 0.717) is 5.95 Å². The summed E-state index contributed by atoms with van der Waals surface area (Å²) in [5.41, 5.74) is 5.23. The number of para-hydroxylation sites is 2. The van der Waals surface area contributed by atoms with Crippen molar-refractivity contribution < 1.29 is 0 Å². The Hall–Kier alpha value is -5.62. The van der Waals surface area contributed by atoms with E-state index in [2.05, 4.69) is 144 Å². The van der Waals surface area contributed by atoms with Crippen molar-refractivity contribution >= 4 is 106 Å². The predicted molar refractivity (Wildman–Crippen MR) is 203 cm³/mol. The van der Waals surface area contributed by atoms with Crippen LogP contribution in [0.1, 0.15) is 0 Å². The van der Waals surface area contributed by atoms with Crippen molar-refractivity contribution in [1.29, 1.82) is 0 Å². The molecule has 0 aliphatic rings. The van der Waals surface area contributed by atoms with Gasteiger partial charge in [0.25, 0.3) is 0 Å². The van der Waals surface area contributed by atoms with Crippen LogP contribution in [0.15, 0.2) is 140 Å². The van der Waals surface area contributed by atoms with Gasteiger partial charge in [-0.2, -0.15) is 0 Å². The van der Waals surface area contributed by atoms with Crippen molar-refractivity contribution in [1.82, 2.24) is 14.5 Å². The van der Waals surface area contributed by atoms with E-state index in [-0.39, 0.29) is 0 Å². The molecular formula is C42H23N3S2. The molecular weight excluding hydrogens is 611 g/mol. The Kier molecular flexibility index (Phi) is 5.14. The van der Waals surface area contributed by atoms with Gasteiger partial charge < -0.3 is 0 Å². The number of nitrogens with zero attached hydrogens (tertiary/aromatic N) is 3. The summed E-state index contributed by atoms with van der Waals surface area (Å²) in [5, 5.41) is 11.4. The number of aromatic nitrogens is 3. The highest BCUT2D eigenvalue weighted by Gasteiger charge is 2.25. The first kappa shape index (κ1) is 25.6. The van der Waals surface area contributed by atoms with Crippen molar-refractivity contribution in [3.63, 3.8) is 0 Å². The monoisotopic (exact) mass is 633 g/mol. The normalized spacial score (nSPS) is 12.3. The fourth-order valence-electron chi connectivity index (χ4n) is 7.66. The molecule has 218 valence electrons. The van der Waals surface area contributed by atoms with Crippen molar-refractivity contribution in [2.75, 3.05) is 0 Å². The van der Waals surface area contributed by atoms with Crippen LogP contribution in [0.2, 0.25) is 0 Å². The smallest absolute Gasteiger partial charge is 0.235 e. The fraction of sp³-hybridized carbons (Fsp3) is 0. The molecule has 47 heavy (non-hydrogen) atoms. The Morgan fingerprint density at radius 3 is 1.91 bits per heavy atom. The topological polar surface area (TPSA) is 30.7 Å². The number of benzene rings is 7. The predicted octanol–water partition coefficient (Wildman–Crippen LogP) is 12.3. The quantitative estimate of drug-likeness (QED) is 0.190. The summed E-state index contributed by atoms with van der Waals surface area (Å²) in [5.74, 6) is 0.689. The molecule has 0 spiro atoms. The lowest BCUT2D eigenvalue weighted by molar-refractivity contribution is 1.02. The third kappa shape index (κ3) is 3.45. The summed E-state index contributed by atoms with van der Waals surface area (Å²) in [6, 6.07) is 50.0. The average molecular weight is 634 g/mol. The van der Waals surface area contributed by atoms with Crippen LogP contribution in [0.4, 0.5) is 0 Å². The van der Waals surface area contributed by atoms with Gasteiger partial charge in [0.1, 0.15) is 0 Å². The van der Waals surface area contributed by atoms with Crippen molar-refractivity contribution in [2.24, 2.45) is 0 Å². The number of rotatable bonds is 2. The van der Waals surface area contributed by atoms with Crippen molar-refractivity contribution in [3.05, 3.63) is 140 Å². The van der Waals surface area contributed by atoms with E-state index in [1.54, 1.807) is 0 Å². The van der Waals surface area contributed by atoms with Gasteiger partial charge in [-0.3, -0.25) is 4.57 Å². The molecule has 0 atom stereocenters. The Morgan fingerprint density at radius 1 is 0.426 bits per heavy atom. The van der Waals surface area contributed by atoms with E-state index < -0.39 is 0 Å². The van der Waals surface area contributed by atoms with Gasteiger partial charge in [-0.05, 0) is 35.7 Å². The Balaban J connectivity index is 1.41. The van der Waals surface area contributed by atoms with Crippen LogP contribution in [-0.2, 0) is 0 Å². The summed E-state index contributed by atoms with van der Waals surface area (Å²) < 4.78 is 7.53. The second kappa shape index (κ2) is 9.46. The fourth-order valence-corrected chi connectivity index (χ4v) is 10.0. The zero-order valence-electron chi connectivity index (χ0n) is 24.9. The molecule has 0 fully saturated rings. The number of hydrogen-bond acceptors (Lipinski definition) is 4.